The molecule has 0 amide bonds. The van der Waals surface area contributed by atoms with Crippen molar-refractivity contribution in [2.75, 3.05) is 12.8 Å². The molecule has 0 aromatic rings. The standard InChI is InChI=1S/C7H17O3P/c1-6(2)4-10-11(9)5-7(3)8/h6-8,11H,4-5H2,1-3H3. The van der Waals surface area contributed by atoms with E-state index in [0.717, 1.165) is 0 Å². The molecule has 0 aromatic heterocycles. The fourth-order valence-electron chi connectivity index (χ4n) is 0.560. The molecule has 0 radical (unpaired) electrons. The molecule has 0 aliphatic carbocycles. The summed E-state index contributed by atoms with van der Waals surface area (Å²) in [6.45, 7) is 6.13. The van der Waals surface area contributed by atoms with E-state index in [0.29, 0.717) is 12.5 Å². The molecule has 2 unspecified atom stereocenters. The fraction of sp³-hybridized carbons (Fsp3) is 1.00. The van der Waals surface area contributed by atoms with Crippen LogP contribution in [0.1, 0.15) is 20.8 Å². The molecule has 3 nitrogen and oxygen atoms in total. The largest absolute Gasteiger partial charge is 0.393 e. The van der Waals surface area contributed by atoms with E-state index in [1.807, 2.05) is 13.8 Å². The topological polar surface area (TPSA) is 46.5 Å². The van der Waals surface area contributed by atoms with E-state index in [2.05, 4.69) is 0 Å². The van der Waals surface area contributed by atoms with Crippen LogP contribution in [0.3, 0.4) is 0 Å². The first-order valence-electron chi connectivity index (χ1n) is 3.86. The lowest BCUT2D eigenvalue weighted by atomic mass is 10.2. The molecule has 0 aliphatic rings. The zero-order valence-corrected chi connectivity index (χ0v) is 8.33. The van der Waals surface area contributed by atoms with Crippen LogP contribution in [0.15, 0.2) is 0 Å². The Balaban J connectivity index is 3.38. The van der Waals surface area contributed by atoms with Gasteiger partial charge in [0, 0.05) is 6.16 Å². The third kappa shape index (κ3) is 8.05. The predicted octanol–water partition coefficient (Wildman–Crippen LogP) is 1.51. The molecule has 68 valence electrons. The summed E-state index contributed by atoms with van der Waals surface area (Å²) in [7, 11) is -1.98. The Morgan fingerprint density at radius 2 is 2.00 bits per heavy atom. The van der Waals surface area contributed by atoms with Gasteiger partial charge in [0.05, 0.1) is 12.7 Å². The van der Waals surface area contributed by atoms with Crippen LogP contribution >= 0.6 is 8.03 Å². The lowest BCUT2D eigenvalue weighted by Gasteiger charge is -2.07. The number of aliphatic hydroxyl groups is 1. The van der Waals surface area contributed by atoms with Gasteiger partial charge in [-0.05, 0) is 12.8 Å². The SMILES string of the molecule is CC(C)CO[PH](=O)CC(C)O. The molecule has 0 saturated carbocycles. The molecule has 0 saturated heterocycles. The predicted molar refractivity (Wildman–Crippen MR) is 46.3 cm³/mol. The Bertz CT molecular complexity index is 123. The van der Waals surface area contributed by atoms with Gasteiger partial charge in [-0.1, -0.05) is 13.8 Å². The quantitative estimate of drug-likeness (QED) is 0.652. The molecule has 0 bridgehead atoms. The van der Waals surface area contributed by atoms with Crippen molar-refractivity contribution in [3.8, 4) is 0 Å². The molecule has 2 atom stereocenters. The molecule has 4 heteroatoms. The van der Waals surface area contributed by atoms with Crippen LogP contribution in [0, 0.1) is 5.92 Å². The van der Waals surface area contributed by atoms with Gasteiger partial charge in [-0.15, -0.1) is 0 Å². The van der Waals surface area contributed by atoms with Crippen molar-refractivity contribution in [1.82, 2.24) is 0 Å². The van der Waals surface area contributed by atoms with Crippen molar-refractivity contribution >= 4 is 8.03 Å². The van der Waals surface area contributed by atoms with E-state index >= 15 is 0 Å². The van der Waals surface area contributed by atoms with Gasteiger partial charge in [0.2, 0.25) is 0 Å². The van der Waals surface area contributed by atoms with E-state index in [1.165, 1.54) is 0 Å². The summed E-state index contributed by atoms with van der Waals surface area (Å²) in [6, 6.07) is 0. The lowest BCUT2D eigenvalue weighted by Crippen LogP contribution is -2.05. The smallest absolute Gasteiger partial charge is 0.194 e. The second-order valence-electron chi connectivity index (χ2n) is 3.13. The van der Waals surface area contributed by atoms with Crippen LogP contribution in [-0.2, 0) is 9.09 Å². The summed E-state index contributed by atoms with van der Waals surface area (Å²) >= 11 is 0. The minimum Gasteiger partial charge on any atom is -0.393 e. The summed E-state index contributed by atoms with van der Waals surface area (Å²) in [5, 5.41) is 8.83. The zero-order chi connectivity index (χ0) is 8.85. The third-order valence-corrected chi connectivity index (χ3v) is 2.45. The molecule has 0 aromatic carbocycles. The Hall–Kier alpha value is 0.150. The van der Waals surface area contributed by atoms with Gasteiger partial charge in [0.25, 0.3) is 0 Å². The molecular formula is C7H17O3P. The minimum absolute atomic E-state index is 0.275. The average Bonchev–Trinajstić information content (AvgIpc) is 1.82. The molecule has 0 rings (SSSR count). The first-order valence-corrected chi connectivity index (χ1v) is 5.38. The average molecular weight is 180 g/mol. The summed E-state index contributed by atoms with van der Waals surface area (Å²) < 4.78 is 16.0. The molecular weight excluding hydrogens is 163 g/mol. The first-order chi connectivity index (χ1) is 5.02. The highest BCUT2D eigenvalue weighted by molar-refractivity contribution is 7.39. The van der Waals surface area contributed by atoms with Crippen molar-refractivity contribution < 1.29 is 14.2 Å². The maximum atomic E-state index is 11.0. The maximum absolute atomic E-state index is 11.0. The highest BCUT2D eigenvalue weighted by Crippen LogP contribution is 2.23. The van der Waals surface area contributed by atoms with E-state index in [1.54, 1.807) is 6.92 Å². The Morgan fingerprint density at radius 1 is 1.45 bits per heavy atom. The number of hydrogen-bond donors (Lipinski definition) is 1. The van der Waals surface area contributed by atoms with Gasteiger partial charge in [-0.2, -0.15) is 0 Å². The van der Waals surface area contributed by atoms with Crippen LogP contribution in [-0.4, -0.2) is 24.0 Å². The fourth-order valence-corrected chi connectivity index (χ4v) is 1.68. The third-order valence-electron chi connectivity index (χ3n) is 1.04. The summed E-state index contributed by atoms with van der Waals surface area (Å²) in [6.07, 6.45) is -0.245. The second-order valence-corrected chi connectivity index (χ2v) is 4.57. The van der Waals surface area contributed by atoms with Gasteiger partial charge >= 0.3 is 0 Å². The zero-order valence-electron chi connectivity index (χ0n) is 7.33. The van der Waals surface area contributed by atoms with Gasteiger partial charge in [0.1, 0.15) is 0 Å². The van der Waals surface area contributed by atoms with Crippen LogP contribution in [0.25, 0.3) is 0 Å². The van der Waals surface area contributed by atoms with Crippen LogP contribution in [0.2, 0.25) is 0 Å². The summed E-state index contributed by atoms with van der Waals surface area (Å²) in [5.41, 5.74) is 0. The highest BCUT2D eigenvalue weighted by atomic mass is 31.1. The monoisotopic (exact) mass is 180 g/mol. The van der Waals surface area contributed by atoms with Gasteiger partial charge < -0.3 is 9.63 Å². The van der Waals surface area contributed by atoms with Gasteiger partial charge in [-0.25, -0.2) is 0 Å². The van der Waals surface area contributed by atoms with Crippen molar-refractivity contribution in [2.24, 2.45) is 5.92 Å². The molecule has 1 N–H and O–H groups in total. The summed E-state index contributed by atoms with van der Waals surface area (Å²) in [4.78, 5) is 0. The lowest BCUT2D eigenvalue weighted by molar-refractivity contribution is 0.209. The van der Waals surface area contributed by atoms with Crippen LogP contribution < -0.4 is 0 Å². The normalized spacial score (nSPS) is 16.8. The molecule has 0 aliphatic heterocycles. The van der Waals surface area contributed by atoms with Crippen molar-refractivity contribution in [1.29, 1.82) is 0 Å². The number of aliphatic hydroxyl groups excluding tert-OH is 1. The van der Waals surface area contributed by atoms with Crippen LogP contribution in [0.5, 0.6) is 0 Å². The van der Waals surface area contributed by atoms with Crippen molar-refractivity contribution in [3.05, 3.63) is 0 Å². The van der Waals surface area contributed by atoms with E-state index in [4.69, 9.17) is 9.63 Å². The molecule has 0 fully saturated rings. The van der Waals surface area contributed by atoms with Gasteiger partial charge in [0.15, 0.2) is 8.03 Å². The first kappa shape index (κ1) is 11.2. The van der Waals surface area contributed by atoms with Crippen molar-refractivity contribution in [2.45, 2.75) is 26.9 Å². The molecule has 0 spiro atoms. The van der Waals surface area contributed by atoms with E-state index < -0.39 is 14.1 Å². The Labute approximate surface area is 68.6 Å². The second kappa shape index (κ2) is 5.76. The number of hydrogen-bond acceptors (Lipinski definition) is 3. The molecule has 0 heterocycles. The van der Waals surface area contributed by atoms with E-state index in [9.17, 15) is 4.57 Å². The van der Waals surface area contributed by atoms with Crippen molar-refractivity contribution in [3.63, 3.8) is 0 Å². The highest BCUT2D eigenvalue weighted by Gasteiger charge is 2.04. The Kier molecular flexibility index (Phi) is 5.83. The van der Waals surface area contributed by atoms with Gasteiger partial charge in [-0.3, -0.25) is 4.57 Å². The Morgan fingerprint density at radius 3 is 2.36 bits per heavy atom. The minimum atomic E-state index is -1.98. The molecule has 11 heavy (non-hydrogen) atoms. The van der Waals surface area contributed by atoms with E-state index in [-0.39, 0.29) is 6.16 Å². The summed E-state index contributed by atoms with van der Waals surface area (Å²) in [5.74, 6) is 0.401. The maximum Gasteiger partial charge on any atom is 0.194 e. The van der Waals surface area contributed by atoms with Crippen LogP contribution in [0.4, 0.5) is 0 Å². The number of rotatable bonds is 5.